The van der Waals surface area contributed by atoms with Crippen molar-refractivity contribution in [2.24, 2.45) is 11.8 Å². The maximum atomic E-state index is 9.80. The summed E-state index contributed by atoms with van der Waals surface area (Å²) in [7, 11) is 0. The summed E-state index contributed by atoms with van der Waals surface area (Å²) in [4.78, 5) is 0. The van der Waals surface area contributed by atoms with Crippen LogP contribution in [-0.2, 0) is 9.47 Å². The van der Waals surface area contributed by atoms with E-state index in [0.29, 0.717) is 6.61 Å². The Bertz CT molecular complexity index is 382. The Morgan fingerprint density at radius 1 is 1.08 bits per heavy atom. The van der Waals surface area contributed by atoms with Crippen LogP contribution in [0.5, 0.6) is 0 Å². The second-order valence-corrected chi connectivity index (χ2v) is 7.96. The number of aliphatic hydroxyl groups excluding tert-OH is 3. The molecule has 0 aromatic carbocycles. The standard InChI is InChI=1S/C20H38O5/c1-14(2)7-5-8-15(3)9-6-10-16(4)11-12-24-20-19(23)18(22)17(21)13-25-20/h11,14-15,17-23H,5-10,12-13H2,1-4H3/t15?,17-,18+,19-,20+/m1/s1. The Hall–Kier alpha value is -0.460. The molecule has 1 heterocycles. The van der Waals surface area contributed by atoms with Crippen molar-refractivity contribution in [3.05, 3.63) is 11.6 Å². The van der Waals surface area contributed by atoms with Gasteiger partial charge < -0.3 is 24.8 Å². The summed E-state index contributed by atoms with van der Waals surface area (Å²) in [5.41, 5.74) is 1.26. The highest BCUT2D eigenvalue weighted by Gasteiger charge is 2.37. The summed E-state index contributed by atoms with van der Waals surface area (Å²) in [6.07, 6.45) is 5.05. The maximum absolute atomic E-state index is 9.80. The summed E-state index contributed by atoms with van der Waals surface area (Å²) in [5.74, 6) is 1.58. The molecule has 0 aromatic rings. The molecular weight excluding hydrogens is 320 g/mol. The zero-order valence-corrected chi connectivity index (χ0v) is 16.4. The number of rotatable bonds is 11. The zero-order chi connectivity index (χ0) is 18.8. The van der Waals surface area contributed by atoms with Gasteiger partial charge in [-0.25, -0.2) is 0 Å². The molecule has 0 spiro atoms. The first-order valence-electron chi connectivity index (χ1n) is 9.74. The van der Waals surface area contributed by atoms with Gasteiger partial charge in [-0.15, -0.1) is 0 Å². The van der Waals surface area contributed by atoms with Crippen molar-refractivity contribution in [1.82, 2.24) is 0 Å². The van der Waals surface area contributed by atoms with Crippen LogP contribution in [0.1, 0.15) is 66.2 Å². The van der Waals surface area contributed by atoms with Gasteiger partial charge >= 0.3 is 0 Å². The highest BCUT2D eigenvalue weighted by Crippen LogP contribution is 2.20. The molecule has 0 amide bonds. The first kappa shape index (κ1) is 22.6. The van der Waals surface area contributed by atoms with Crippen LogP contribution < -0.4 is 0 Å². The molecule has 1 saturated heterocycles. The maximum Gasteiger partial charge on any atom is 0.186 e. The number of ether oxygens (including phenoxy) is 2. The molecule has 1 fully saturated rings. The molecule has 0 aliphatic carbocycles. The van der Waals surface area contributed by atoms with E-state index in [1.165, 1.54) is 37.7 Å². The molecule has 0 bridgehead atoms. The number of aliphatic hydroxyl groups is 3. The minimum Gasteiger partial charge on any atom is -0.388 e. The minimum atomic E-state index is -1.22. The molecule has 5 heteroatoms. The summed E-state index contributed by atoms with van der Waals surface area (Å²) >= 11 is 0. The van der Waals surface area contributed by atoms with Gasteiger partial charge in [0.1, 0.15) is 18.3 Å². The van der Waals surface area contributed by atoms with Crippen molar-refractivity contribution in [3.63, 3.8) is 0 Å². The molecule has 5 nitrogen and oxygen atoms in total. The Morgan fingerprint density at radius 2 is 1.76 bits per heavy atom. The smallest absolute Gasteiger partial charge is 0.186 e. The molecule has 0 aromatic heterocycles. The average molecular weight is 359 g/mol. The number of allylic oxidation sites excluding steroid dienone is 1. The van der Waals surface area contributed by atoms with Crippen LogP contribution in [0.3, 0.4) is 0 Å². The molecule has 148 valence electrons. The molecule has 1 aliphatic heterocycles. The van der Waals surface area contributed by atoms with E-state index in [-0.39, 0.29) is 6.61 Å². The van der Waals surface area contributed by atoms with E-state index in [0.717, 1.165) is 18.3 Å². The van der Waals surface area contributed by atoms with Gasteiger partial charge in [-0.1, -0.05) is 58.1 Å². The Kier molecular flexibility index (Phi) is 10.9. The molecule has 1 rings (SSSR count). The highest BCUT2D eigenvalue weighted by molar-refractivity contribution is 4.98. The van der Waals surface area contributed by atoms with Crippen LogP contribution in [-0.4, -0.2) is 53.1 Å². The third-order valence-corrected chi connectivity index (χ3v) is 4.89. The SMILES string of the molecule is CC(=CCO[C@H]1OC[C@@H](O)[C@H](O)[C@H]1O)CCCC(C)CCCC(C)C. The summed E-state index contributed by atoms with van der Waals surface area (Å²) in [6.45, 7) is 9.29. The second kappa shape index (κ2) is 12.0. The van der Waals surface area contributed by atoms with Crippen LogP contribution in [0.15, 0.2) is 11.6 Å². The Labute approximate surface area is 153 Å². The van der Waals surface area contributed by atoms with Crippen LogP contribution in [0.25, 0.3) is 0 Å². The monoisotopic (exact) mass is 358 g/mol. The van der Waals surface area contributed by atoms with E-state index in [9.17, 15) is 15.3 Å². The molecule has 0 radical (unpaired) electrons. The van der Waals surface area contributed by atoms with Crippen LogP contribution in [0, 0.1) is 11.8 Å². The largest absolute Gasteiger partial charge is 0.388 e. The van der Waals surface area contributed by atoms with Gasteiger partial charge in [0.05, 0.1) is 13.2 Å². The van der Waals surface area contributed by atoms with Crippen molar-refractivity contribution >= 4 is 0 Å². The van der Waals surface area contributed by atoms with E-state index in [1.807, 2.05) is 6.08 Å². The number of hydrogen-bond acceptors (Lipinski definition) is 5. The molecule has 1 unspecified atom stereocenters. The van der Waals surface area contributed by atoms with Gasteiger partial charge in [0.25, 0.3) is 0 Å². The molecular formula is C20H38O5. The predicted octanol–water partition coefficient (Wildman–Crippen LogP) is 3.02. The average Bonchev–Trinajstić information content (AvgIpc) is 2.54. The summed E-state index contributed by atoms with van der Waals surface area (Å²) < 4.78 is 10.7. The van der Waals surface area contributed by atoms with Crippen molar-refractivity contribution < 1.29 is 24.8 Å². The topological polar surface area (TPSA) is 79.2 Å². The molecule has 5 atom stereocenters. The van der Waals surface area contributed by atoms with Crippen molar-refractivity contribution in [2.45, 2.75) is 90.8 Å². The second-order valence-electron chi connectivity index (χ2n) is 7.96. The van der Waals surface area contributed by atoms with Crippen LogP contribution in [0.4, 0.5) is 0 Å². The van der Waals surface area contributed by atoms with Crippen molar-refractivity contribution in [2.75, 3.05) is 13.2 Å². The summed E-state index contributed by atoms with van der Waals surface area (Å²) in [6, 6.07) is 0. The lowest BCUT2D eigenvalue weighted by Crippen LogP contribution is -2.53. The molecule has 25 heavy (non-hydrogen) atoms. The van der Waals surface area contributed by atoms with E-state index in [4.69, 9.17) is 9.47 Å². The lowest BCUT2D eigenvalue weighted by Gasteiger charge is -2.34. The fourth-order valence-electron chi connectivity index (χ4n) is 3.06. The van der Waals surface area contributed by atoms with Gasteiger partial charge in [0.15, 0.2) is 6.29 Å². The van der Waals surface area contributed by atoms with Crippen LogP contribution >= 0.6 is 0 Å². The van der Waals surface area contributed by atoms with Gasteiger partial charge in [-0.05, 0) is 31.6 Å². The molecule has 3 N–H and O–H groups in total. The predicted molar refractivity (Wildman–Crippen MR) is 99.2 cm³/mol. The molecule has 0 saturated carbocycles. The van der Waals surface area contributed by atoms with Crippen LogP contribution in [0.2, 0.25) is 0 Å². The zero-order valence-electron chi connectivity index (χ0n) is 16.4. The highest BCUT2D eigenvalue weighted by atomic mass is 16.7. The van der Waals surface area contributed by atoms with Gasteiger partial charge in [0, 0.05) is 0 Å². The lowest BCUT2D eigenvalue weighted by atomic mass is 9.94. The van der Waals surface area contributed by atoms with Gasteiger partial charge in [-0.3, -0.25) is 0 Å². The van der Waals surface area contributed by atoms with Gasteiger partial charge in [0.2, 0.25) is 0 Å². The minimum absolute atomic E-state index is 0.0275. The summed E-state index contributed by atoms with van der Waals surface area (Å²) in [5, 5.41) is 28.8. The Balaban J connectivity index is 2.15. The van der Waals surface area contributed by atoms with E-state index in [1.54, 1.807) is 0 Å². The normalized spacial score (nSPS) is 29.2. The van der Waals surface area contributed by atoms with E-state index in [2.05, 4.69) is 27.7 Å². The third-order valence-electron chi connectivity index (χ3n) is 4.89. The lowest BCUT2D eigenvalue weighted by molar-refractivity contribution is -0.266. The first-order chi connectivity index (χ1) is 11.8. The quantitative estimate of drug-likeness (QED) is 0.495. The third kappa shape index (κ3) is 9.15. The first-order valence-corrected chi connectivity index (χ1v) is 9.74. The fraction of sp³-hybridized carbons (Fsp3) is 0.900. The Morgan fingerprint density at radius 3 is 2.44 bits per heavy atom. The van der Waals surface area contributed by atoms with E-state index >= 15 is 0 Å². The van der Waals surface area contributed by atoms with Crippen molar-refractivity contribution in [1.29, 1.82) is 0 Å². The van der Waals surface area contributed by atoms with Gasteiger partial charge in [-0.2, -0.15) is 0 Å². The number of hydrogen-bond donors (Lipinski definition) is 3. The van der Waals surface area contributed by atoms with E-state index < -0.39 is 24.6 Å². The molecule has 1 aliphatic rings. The fourth-order valence-corrected chi connectivity index (χ4v) is 3.06. The van der Waals surface area contributed by atoms with Crippen molar-refractivity contribution in [3.8, 4) is 0 Å².